The van der Waals surface area contributed by atoms with Gasteiger partial charge in [0.2, 0.25) is 10.0 Å². The van der Waals surface area contributed by atoms with Crippen LogP contribution in [0.4, 0.5) is 0 Å². The first-order chi connectivity index (χ1) is 8.45. The Kier molecular flexibility index (Phi) is 4.44. The fraction of sp³-hybridized carbons (Fsp3) is 0.455. The normalized spacial score (nSPS) is 21.4. The van der Waals surface area contributed by atoms with E-state index in [0.717, 1.165) is 6.42 Å². The molecule has 2 rings (SSSR count). The Hall–Kier alpha value is -0.0000000000000000555. The number of alkyl halides is 1. The molecule has 1 fully saturated rings. The predicted octanol–water partition coefficient (Wildman–Crippen LogP) is 3.24. The minimum absolute atomic E-state index is 0.0619. The Morgan fingerprint density at radius 2 is 2.06 bits per heavy atom. The molecular weight excluding hydrogens is 317 g/mol. The number of benzene rings is 1. The molecule has 0 aromatic heterocycles. The van der Waals surface area contributed by atoms with E-state index < -0.39 is 10.0 Å². The predicted molar refractivity (Wildman–Crippen MR) is 74.0 cm³/mol. The van der Waals surface area contributed by atoms with Crippen LogP contribution in [0, 0.1) is 5.92 Å². The summed E-state index contributed by atoms with van der Waals surface area (Å²) < 4.78 is 26.2. The van der Waals surface area contributed by atoms with E-state index in [9.17, 15) is 8.42 Å². The lowest BCUT2D eigenvalue weighted by atomic mass is 10.2. The molecule has 1 aromatic rings. The van der Waals surface area contributed by atoms with E-state index >= 15 is 0 Å². The summed E-state index contributed by atoms with van der Waals surface area (Å²) in [5, 5.41) is 0.541. The number of halogens is 3. The highest BCUT2D eigenvalue weighted by molar-refractivity contribution is 7.89. The molecule has 1 aliphatic heterocycles. The van der Waals surface area contributed by atoms with Crippen LogP contribution in [-0.2, 0) is 10.0 Å². The zero-order chi connectivity index (χ0) is 13.3. The molecule has 1 aromatic carbocycles. The summed E-state index contributed by atoms with van der Waals surface area (Å²) in [5.41, 5.74) is 0. The molecule has 0 saturated carbocycles. The minimum atomic E-state index is -3.58. The van der Waals surface area contributed by atoms with Gasteiger partial charge >= 0.3 is 0 Å². The van der Waals surface area contributed by atoms with Crippen molar-refractivity contribution in [1.82, 2.24) is 4.31 Å². The lowest BCUT2D eigenvalue weighted by Gasteiger charge is -2.17. The van der Waals surface area contributed by atoms with Crippen molar-refractivity contribution in [1.29, 1.82) is 0 Å². The first kappa shape index (κ1) is 14.4. The van der Waals surface area contributed by atoms with Crippen LogP contribution in [0.3, 0.4) is 0 Å². The maximum absolute atomic E-state index is 12.4. The van der Waals surface area contributed by atoms with Gasteiger partial charge in [0.15, 0.2) is 0 Å². The molecule has 0 bridgehead atoms. The number of hydrogen-bond acceptors (Lipinski definition) is 2. The zero-order valence-corrected chi connectivity index (χ0v) is 12.5. The second kappa shape index (κ2) is 5.55. The Balaban J connectivity index is 2.34. The minimum Gasteiger partial charge on any atom is -0.207 e. The van der Waals surface area contributed by atoms with Crippen molar-refractivity contribution in [2.75, 3.05) is 19.0 Å². The van der Waals surface area contributed by atoms with Crippen molar-refractivity contribution in [3.63, 3.8) is 0 Å². The van der Waals surface area contributed by atoms with Crippen LogP contribution in [0.5, 0.6) is 0 Å². The van der Waals surface area contributed by atoms with Crippen LogP contribution < -0.4 is 0 Å². The molecule has 7 heteroatoms. The highest BCUT2D eigenvalue weighted by atomic mass is 35.5. The van der Waals surface area contributed by atoms with Gasteiger partial charge in [-0.3, -0.25) is 0 Å². The molecule has 1 aliphatic rings. The molecule has 1 saturated heterocycles. The Labute approximate surface area is 122 Å². The first-order valence-corrected chi connectivity index (χ1v) is 8.19. The van der Waals surface area contributed by atoms with Crippen molar-refractivity contribution < 1.29 is 8.42 Å². The SMILES string of the molecule is O=S(=O)(c1cc(Cl)ccc1Cl)N1CCC(CCl)C1. The second-order valence-corrected chi connectivity index (χ2v) is 7.31. The summed E-state index contributed by atoms with van der Waals surface area (Å²) in [6.07, 6.45) is 0.779. The Bertz CT molecular complexity index is 547. The van der Waals surface area contributed by atoms with Crippen LogP contribution in [0.15, 0.2) is 23.1 Å². The number of rotatable bonds is 3. The largest absolute Gasteiger partial charge is 0.244 e. The summed E-state index contributed by atoms with van der Waals surface area (Å²) in [4.78, 5) is 0.0619. The molecule has 1 heterocycles. The third-order valence-corrected chi connectivity index (χ3v) is 6.00. The molecule has 0 aliphatic carbocycles. The van der Waals surface area contributed by atoms with Gasteiger partial charge in [-0.05, 0) is 30.5 Å². The zero-order valence-electron chi connectivity index (χ0n) is 9.44. The number of sulfonamides is 1. The van der Waals surface area contributed by atoms with Crippen LogP contribution in [0.25, 0.3) is 0 Å². The standard InChI is InChI=1S/C11H12Cl3NO2S/c12-6-8-3-4-15(7-8)18(16,17)11-5-9(13)1-2-10(11)14/h1-2,5,8H,3-4,6-7H2. The van der Waals surface area contributed by atoms with E-state index in [-0.39, 0.29) is 15.8 Å². The first-order valence-electron chi connectivity index (χ1n) is 5.46. The van der Waals surface area contributed by atoms with E-state index in [1.54, 1.807) is 6.07 Å². The van der Waals surface area contributed by atoms with Crippen LogP contribution in [-0.4, -0.2) is 31.7 Å². The quantitative estimate of drug-likeness (QED) is 0.799. The van der Waals surface area contributed by atoms with E-state index in [1.807, 2.05) is 0 Å². The van der Waals surface area contributed by atoms with Gasteiger partial charge in [0.1, 0.15) is 4.90 Å². The summed E-state index contributed by atoms with van der Waals surface area (Å²) in [6.45, 7) is 0.914. The smallest absolute Gasteiger partial charge is 0.207 e. The lowest BCUT2D eigenvalue weighted by molar-refractivity contribution is 0.465. The Morgan fingerprint density at radius 1 is 1.33 bits per heavy atom. The van der Waals surface area contributed by atoms with Gasteiger partial charge in [-0.2, -0.15) is 4.31 Å². The van der Waals surface area contributed by atoms with Crippen LogP contribution >= 0.6 is 34.8 Å². The van der Waals surface area contributed by atoms with Crippen molar-refractivity contribution in [3.8, 4) is 0 Å². The van der Waals surface area contributed by atoms with Crippen molar-refractivity contribution in [2.45, 2.75) is 11.3 Å². The molecule has 0 spiro atoms. The maximum atomic E-state index is 12.4. The van der Waals surface area contributed by atoms with Gasteiger partial charge in [0.05, 0.1) is 5.02 Å². The van der Waals surface area contributed by atoms with Gasteiger partial charge in [0.25, 0.3) is 0 Å². The van der Waals surface area contributed by atoms with Crippen LogP contribution in [0.2, 0.25) is 10.0 Å². The molecule has 0 radical (unpaired) electrons. The van der Waals surface area contributed by atoms with Gasteiger partial charge < -0.3 is 0 Å². The van der Waals surface area contributed by atoms with E-state index in [2.05, 4.69) is 0 Å². The molecule has 1 atom stereocenters. The van der Waals surface area contributed by atoms with Gasteiger partial charge in [-0.25, -0.2) is 8.42 Å². The number of hydrogen-bond donors (Lipinski definition) is 0. The highest BCUT2D eigenvalue weighted by Crippen LogP contribution is 2.30. The summed E-state index contributed by atoms with van der Waals surface area (Å²) >= 11 is 17.5. The fourth-order valence-corrected chi connectivity index (χ4v) is 4.48. The van der Waals surface area contributed by atoms with Gasteiger partial charge in [0, 0.05) is 24.0 Å². The van der Waals surface area contributed by atoms with Crippen LogP contribution in [0.1, 0.15) is 6.42 Å². The van der Waals surface area contributed by atoms with Crippen molar-refractivity contribution in [3.05, 3.63) is 28.2 Å². The average molecular weight is 329 g/mol. The molecule has 0 N–H and O–H groups in total. The monoisotopic (exact) mass is 327 g/mol. The van der Waals surface area contributed by atoms with E-state index in [4.69, 9.17) is 34.8 Å². The van der Waals surface area contributed by atoms with Crippen molar-refractivity contribution >= 4 is 44.8 Å². The molecule has 1 unspecified atom stereocenters. The number of nitrogens with zero attached hydrogens (tertiary/aromatic N) is 1. The van der Waals surface area contributed by atoms with E-state index in [0.29, 0.717) is 24.0 Å². The second-order valence-electron chi connectivity index (χ2n) is 4.25. The molecule has 0 amide bonds. The summed E-state index contributed by atoms with van der Waals surface area (Å²) in [5.74, 6) is 0.675. The third kappa shape index (κ3) is 2.78. The molecule has 18 heavy (non-hydrogen) atoms. The van der Waals surface area contributed by atoms with E-state index in [1.165, 1.54) is 16.4 Å². The molecule has 3 nitrogen and oxygen atoms in total. The fourth-order valence-electron chi connectivity index (χ4n) is 1.96. The lowest BCUT2D eigenvalue weighted by Crippen LogP contribution is -2.29. The molecule has 100 valence electrons. The van der Waals surface area contributed by atoms with Crippen molar-refractivity contribution in [2.24, 2.45) is 5.92 Å². The Morgan fingerprint density at radius 3 is 2.67 bits per heavy atom. The highest BCUT2D eigenvalue weighted by Gasteiger charge is 2.33. The summed E-state index contributed by atoms with van der Waals surface area (Å²) in [6, 6.07) is 4.44. The summed E-state index contributed by atoms with van der Waals surface area (Å²) in [7, 11) is -3.58. The third-order valence-electron chi connectivity index (χ3n) is 2.98. The molecular formula is C11H12Cl3NO2S. The maximum Gasteiger partial charge on any atom is 0.244 e. The van der Waals surface area contributed by atoms with Gasteiger partial charge in [-0.1, -0.05) is 23.2 Å². The topological polar surface area (TPSA) is 37.4 Å². The van der Waals surface area contributed by atoms with Gasteiger partial charge in [-0.15, -0.1) is 11.6 Å². The average Bonchev–Trinajstić information content (AvgIpc) is 2.81.